The van der Waals surface area contributed by atoms with Crippen LogP contribution in [0.4, 0.5) is 4.79 Å². The average molecular weight is 530 g/mol. The summed E-state index contributed by atoms with van der Waals surface area (Å²) in [6.07, 6.45) is 0.0898. The molecule has 0 bridgehead atoms. The van der Waals surface area contributed by atoms with E-state index in [0.29, 0.717) is 39.4 Å². The number of nitrogens with one attached hydrogen (secondary N) is 1. The molecule has 1 heterocycles. The number of aromatic nitrogens is 1. The van der Waals surface area contributed by atoms with Crippen molar-refractivity contribution < 1.29 is 19.4 Å². The van der Waals surface area contributed by atoms with Gasteiger partial charge in [-0.2, -0.15) is 0 Å². The van der Waals surface area contributed by atoms with Gasteiger partial charge in [-0.3, -0.25) is 10.1 Å². The highest BCUT2D eigenvalue weighted by atomic mass is 35.5. The van der Waals surface area contributed by atoms with Gasteiger partial charge >= 0.3 is 6.09 Å². The molecule has 10 heteroatoms. The van der Waals surface area contributed by atoms with Crippen LogP contribution < -0.4 is 21.3 Å². The van der Waals surface area contributed by atoms with E-state index in [4.69, 9.17) is 38.4 Å². The van der Waals surface area contributed by atoms with Crippen molar-refractivity contribution in [2.24, 2.45) is 5.73 Å². The fraction of sp³-hybridized carbons (Fsp3) is 0.600. The number of carbonyl (C=O) groups is 1. The van der Waals surface area contributed by atoms with E-state index in [1.165, 1.54) is 4.57 Å². The van der Waals surface area contributed by atoms with Gasteiger partial charge in [0.2, 0.25) is 0 Å². The zero-order valence-electron chi connectivity index (χ0n) is 21.3. The molecule has 1 unspecified atom stereocenters. The highest BCUT2D eigenvalue weighted by Gasteiger charge is 2.29. The summed E-state index contributed by atoms with van der Waals surface area (Å²) >= 11 is 13.1. The molecule has 1 aromatic heterocycles. The van der Waals surface area contributed by atoms with Crippen LogP contribution in [-0.2, 0) is 23.3 Å². The molecule has 0 aliphatic rings. The molecular weight excluding hydrogens is 493 g/mol. The Morgan fingerprint density at radius 3 is 2.49 bits per heavy atom. The van der Waals surface area contributed by atoms with E-state index >= 15 is 0 Å². The Morgan fingerprint density at radius 2 is 1.94 bits per heavy atom. The quantitative estimate of drug-likeness (QED) is 0.276. The van der Waals surface area contributed by atoms with Crippen molar-refractivity contribution in [1.82, 2.24) is 9.88 Å². The Morgan fingerprint density at radius 1 is 1.29 bits per heavy atom. The van der Waals surface area contributed by atoms with Crippen molar-refractivity contribution in [3.63, 3.8) is 0 Å². The van der Waals surface area contributed by atoms with Crippen molar-refractivity contribution >= 4 is 40.1 Å². The summed E-state index contributed by atoms with van der Waals surface area (Å²) in [6, 6.07) is 1.60. The number of aliphatic hydroxyl groups is 1. The Bertz CT molecular complexity index is 1110. The lowest BCUT2D eigenvalue weighted by Crippen LogP contribution is -2.37. The number of hydrogen-bond acceptors (Lipinski definition) is 6. The molecule has 4 N–H and O–H groups in total. The van der Waals surface area contributed by atoms with Gasteiger partial charge in [0.25, 0.3) is 5.56 Å². The number of primary amides is 1. The first-order chi connectivity index (χ1) is 16.3. The van der Waals surface area contributed by atoms with E-state index in [2.05, 4.69) is 5.32 Å². The summed E-state index contributed by atoms with van der Waals surface area (Å²) in [6.45, 7) is 12.0. The molecule has 1 aromatic carbocycles. The molecule has 0 fully saturated rings. The zero-order valence-corrected chi connectivity index (χ0v) is 22.8. The number of ether oxygens (including phenoxy) is 2. The van der Waals surface area contributed by atoms with E-state index in [1.54, 1.807) is 6.07 Å². The molecule has 0 saturated heterocycles. The zero-order chi connectivity index (χ0) is 26.5. The standard InChI is InChI=1S/C25H37Cl2N3O5/c1-7-8-11-34-22-17(13-35-24(28)33)30(10-9-18(31)29-14(2)3)23(32)15-12-16(26)21(27)20(19(15)22)25(4,5)6/h12,14,18,29,31H,7-11,13H2,1-6H3,(H2,28,33). The molecule has 1 atom stereocenters. The normalized spacial score (nSPS) is 12.9. The summed E-state index contributed by atoms with van der Waals surface area (Å²) in [7, 11) is 0. The number of hydrogen-bond donors (Lipinski definition) is 3. The monoisotopic (exact) mass is 529 g/mol. The van der Waals surface area contributed by atoms with Gasteiger partial charge in [0.05, 0.1) is 22.0 Å². The number of unbranched alkanes of at least 4 members (excludes halogenated alkanes) is 1. The summed E-state index contributed by atoms with van der Waals surface area (Å²) in [5.41, 5.74) is 5.43. The fourth-order valence-corrected chi connectivity index (χ4v) is 4.62. The van der Waals surface area contributed by atoms with Crippen LogP contribution in [0.3, 0.4) is 0 Å². The van der Waals surface area contributed by atoms with Gasteiger partial charge in [-0.1, -0.05) is 57.3 Å². The third kappa shape index (κ3) is 7.26. The van der Waals surface area contributed by atoms with Crippen LogP contribution in [0.5, 0.6) is 5.75 Å². The number of pyridine rings is 1. The Labute approximate surface area is 216 Å². The number of rotatable bonds is 11. The first-order valence-electron chi connectivity index (χ1n) is 11.9. The highest BCUT2D eigenvalue weighted by Crippen LogP contribution is 2.44. The number of halogens is 2. The molecule has 0 saturated carbocycles. The summed E-state index contributed by atoms with van der Waals surface area (Å²) in [5.74, 6) is 0.393. The lowest BCUT2D eigenvalue weighted by atomic mass is 9.83. The van der Waals surface area contributed by atoms with Crippen LogP contribution in [0.25, 0.3) is 10.8 Å². The van der Waals surface area contributed by atoms with Crippen LogP contribution in [-0.4, -0.2) is 34.6 Å². The number of amides is 1. The summed E-state index contributed by atoms with van der Waals surface area (Å²) < 4.78 is 12.8. The lowest BCUT2D eigenvalue weighted by molar-refractivity contribution is 0.110. The van der Waals surface area contributed by atoms with Gasteiger partial charge in [0.1, 0.15) is 18.5 Å². The SMILES string of the molecule is CCCCOc1c(COC(N)=O)n(CCC(O)NC(C)C)c(=O)c2cc(Cl)c(Cl)c(C(C)(C)C)c12. The van der Waals surface area contributed by atoms with E-state index < -0.39 is 17.7 Å². The topological polar surface area (TPSA) is 116 Å². The maximum atomic E-state index is 13.8. The maximum absolute atomic E-state index is 13.8. The lowest BCUT2D eigenvalue weighted by Gasteiger charge is -2.27. The summed E-state index contributed by atoms with van der Waals surface area (Å²) in [5, 5.41) is 14.8. The second-order valence-corrected chi connectivity index (χ2v) is 10.7. The number of aliphatic hydroxyl groups excluding tert-OH is 1. The van der Waals surface area contributed by atoms with Gasteiger partial charge in [0.15, 0.2) is 5.75 Å². The molecule has 0 aliphatic carbocycles. The van der Waals surface area contributed by atoms with Crippen molar-refractivity contribution in [3.05, 3.63) is 37.7 Å². The average Bonchev–Trinajstić information content (AvgIpc) is 2.73. The number of nitrogens with zero attached hydrogens (tertiary/aromatic N) is 1. The predicted molar refractivity (Wildman–Crippen MR) is 141 cm³/mol. The molecular formula is C25H37Cl2N3O5. The number of carbonyl (C=O) groups excluding carboxylic acids is 1. The van der Waals surface area contributed by atoms with Gasteiger partial charge in [-0.05, 0) is 37.3 Å². The Balaban J connectivity index is 2.90. The van der Waals surface area contributed by atoms with Gasteiger partial charge in [-0.25, -0.2) is 4.79 Å². The Hall–Kier alpha value is -2.00. The number of nitrogens with two attached hydrogens (primary N) is 1. The third-order valence-electron chi connectivity index (χ3n) is 5.51. The third-order valence-corrected chi connectivity index (χ3v) is 6.29. The van der Waals surface area contributed by atoms with Crippen LogP contribution >= 0.6 is 23.2 Å². The van der Waals surface area contributed by atoms with E-state index in [-0.39, 0.29) is 36.2 Å². The maximum Gasteiger partial charge on any atom is 0.404 e. The van der Waals surface area contributed by atoms with Crippen molar-refractivity contribution in [2.75, 3.05) is 6.61 Å². The van der Waals surface area contributed by atoms with Crippen LogP contribution in [0, 0.1) is 0 Å². The van der Waals surface area contributed by atoms with Crippen LogP contribution in [0.1, 0.15) is 72.1 Å². The molecule has 8 nitrogen and oxygen atoms in total. The van der Waals surface area contributed by atoms with Crippen molar-refractivity contribution in [2.45, 2.75) is 91.6 Å². The number of benzene rings is 1. The smallest absolute Gasteiger partial charge is 0.404 e. The highest BCUT2D eigenvalue weighted by molar-refractivity contribution is 6.43. The van der Waals surface area contributed by atoms with Gasteiger partial charge < -0.3 is 24.9 Å². The second-order valence-electron chi connectivity index (χ2n) is 9.89. The molecule has 1 amide bonds. The molecule has 2 aromatic rings. The molecule has 2 rings (SSSR count). The molecule has 0 aliphatic heterocycles. The van der Waals surface area contributed by atoms with Crippen LogP contribution in [0.2, 0.25) is 10.0 Å². The minimum absolute atomic E-state index is 0.0548. The number of fused-ring (bicyclic) bond motifs is 1. The largest absolute Gasteiger partial charge is 0.491 e. The fourth-order valence-electron chi connectivity index (χ4n) is 3.98. The molecule has 35 heavy (non-hydrogen) atoms. The Kier molecular flexibility index (Phi) is 10.3. The first-order valence-corrected chi connectivity index (χ1v) is 12.6. The van der Waals surface area contributed by atoms with E-state index in [9.17, 15) is 14.7 Å². The van der Waals surface area contributed by atoms with Gasteiger partial charge in [0, 0.05) is 24.4 Å². The minimum atomic E-state index is -0.977. The predicted octanol–water partition coefficient (Wildman–Crippen LogP) is 5.09. The van der Waals surface area contributed by atoms with Gasteiger partial charge in [-0.15, -0.1) is 0 Å². The van der Waals surface area contributed by atoms with Crippen molar-refractivity contribution in [3.8, 4) is 5.75 Å². The second kappa shape index (κ2) is 12.3. The minimum Gasteiger partial charge on any atom is -0.491 e. The molecule has 196 valence electrons. The van der Waals surface area contributed by atoms with E-state index in [0.717, 1.165) is 12.8 Å². The summed E-state index contributed by atoms with van der Waals surface area (Å²) in [4.78, 5) is 25.3. The first kappa shape index (κ1) is 29.2. The van der Waals surface area contributed by atoms with E-state index in [1.807, 2.05) is 41.5 Å². The van der Waals surface area contributed by atoms with Crippen molar-refractivity contribution in [1.29, 1.82) is 0 Å². The molecule has 0 radical (unpaired) electrons. The van der Waals surface area contributed by atoms with Crippen LogP contribution in [0.15, 0.2) is 10.9 Å². The molecule has 0 spiro atoms.